The summed E-state index contributed by atoms with van der Waals surface area (Å²) in [7, 11) is 0. The second kappa shape index (κ2) is 7.90. The van der Waals surface area contributed by atoms with Crippen LogP contribution >= 0.6 is 11.6 Å². The number of aryl methyl sites for hydroxylation is 2. The lowest BCUT2D eigenvalue weighted by Gasteiger charge is -2.14. The molecule has 0 spiro atoms. The van der Waals surface area contributed by atoms with Crippen LogP contribution in [-0.4, -0.2) is 30.1 Å². The number of nitrogens with zero attached hydrogens (tertiary/aromatic N) is 1. The van der Waals surface area contributed by atoms with Crippen LogP contribution in [0.25, 0.3) is 22.2 Å². The highest BCUT2D eigenvalue weighted by Gasteiger charge is 2.19. The number of fused-ring (bicyclic) bond motifs is 1. The lowest BCUT2D eigenvalue weighted by molar-refractivity contribution is 0.0859. The molecule has 0 saturated carbocycles. The third-order valence-electron chi connectivity index (χ3n) is 5.15. The molecule has 0 radical (unpaired) electrons. The fourth-order valence-corrected chi connectivity index (χ4v) is 3.87. The van der Waals surface area contributed by atoms with Crippen LogP contribution in [0.5, 0.6) is 0 Å². The summed E-state index contributed by atoms with van der Waals surface area (Å²) < 4.78 is 5.63. The molecule has 1 N–H and O–H groups in total. The van der Waals surface area contributed by atoms with Crippen molar-refractivity contribution in [1.29, 1.82) is 0 Å². The molecular formula is C23H23ClN2O2. The minimum atomic E-state index is -0.0943. The lowest BCUT2D eigenvalue weighted by atomic mass is 9.99. The van der Waals surface area contributed by atoms with E-state index in [-0.39, 0.29) is 12.0 Å². The Balaban J connectivity index is 1.77. The maximum Gasteiger partial charge on any atom is 0.252 e. The molecule has 1 aliphatic heterocycles. The zero-order chi connectivity index (χ0) is 19.7. The highest BCUT2D eigenvalue weighted by atomic mass is 35.5. The predicted octanol–water partition coefficient (Wildman–Crippen LogP) is 5.08. The molecule has 0 aliphatic carbocycles. The van der Waals surface area contributed by atoms with Gasteiger partial charge in [0.05, 0.1) is 22.9 Å². The van der Waals surface area contributed by atoms with Gasteiger partial charge in [-0.1, -0.05) is 35.4 Å². The Morgan fingerprint density at radius 2 is 2.00 bits per heavy atom. The Kier molecular flexibility index (Phi) is 5.33. The summed E-state index contributed by atoms with van der Waals surface area (Å²) in [6.07, 6.45) is 2.15. The van der Waals surface area contributed by atoms with Gasteiger partial charge in [-0.05, 0) is 56.5 Å². The molecule has 1 saturated heterocycles. The monoisotopic (exact) mass is 394 g/mol. The van der Waals surface area contributed by atoms with Crippen molar-refractivity contribution < 1.29 is 9.53 Å². The van der Waals surface area contributed by atoms with Crippen molar-refractivity contribution in [1.82, 2.24) is 10.3 Å². The third-order valence-corrected chi connectivity index (χ3v) is 5.40. The van der Waals surface area contributed by atoms with Gasteiger partial charge in [0.15, 0.2) is 0 Å². The highest BCUT2D eigenvalue weighted by molar-refractivity contribution is 6.30. The summed E-state index contributed by atoms with van der Waals surface area (Å²) >= 11 is 6.03. The standard InChI is InChI=1S/C23H23ClN2O2/c1-14-10-15(2)22-19(11-14)20(23(27)25-13-18-4-3-9-28-18)12-21(26-22)16-5-7-17(24)8-6-16/h5-8,10-12,18H,3-4,9,13H2,1-2H3,(H,25,27). The van der Waals surface area contributed by atoms with Crippen LogP contribution in [-0.2, 0) is 4.74 Å². The summed E-state index contributed by atoms with van der Waals surface area (Å²) in [5.74, 6) is -0.0943. The number of nitrogens with one attached hydrogen (secondary N) is 1. The van der Waals surface area contributed by atoms with E-state index in [9.17, 15) is 4.79 Å². The molecule has 1 fully saturated rings. The van der Waals surface area contributed by atoms with Crippen LogP contribution in [0.2, 0.25) is 5.02 Å². The Bertz CT molecular complexity index is 1020. The SMILES string of the molecule is Cc1cc(C)c2nc(-c3ccc(Cl)cc3)cc(C(=O)NCC3CCCO3)c2c1. The van der Waals surface area contributed by atoms with E-state index in [0.29, 0.717) is 17.1 Å². The molecule has 28 heavy (non-hydrogen) atoms. The number of hydrogen-bond donors (Lipinski definition) is 1. The summed E-state index contributed by atoms with van der Waals surface area (Å²) in [6.45, 7) is 5.37. The average molecular weight is 395 g/mol. The second-order valence-electron chi connectivity index (χ2n) is 7.38. The van der Waals surface area contributed by atoms with Crippen molar-refractivity contribution in [2.45, 2.75) is 32.8 Å². The molecule has 5 heteroatoms. The van der Waals surface area contributed by atoms with Crippen LogP contribution < -0.4 is 5.32 Å². The Morgan fingerprint density at radius 3 is 2.71 bits per heavy atom. The van der Waals surface area contributed by atoms with Crippen molar-refractivity contribution >= 4 is 28.4 Å². The number of benzene rings is 2. The topological polar surface area (TPSA) is 51.2 Å². The number of aromatic nitrogens is 1. The van der Waals surface area contributed by atoms with Gasteiger partial charge < -0.3 is 10.1 Å². The number of carbonyl (C=O) groups is 1. The number of ether oxygens (including phenoxy) is 1. The predicted molar refractivity (Wildman–Crippen MR) is 113 cm³/mol. The minimum Gasteiger partial charge on any atom is -0.376 e. The minimum absolute atomic E-state index is 0.0943. The fraction of sp³-hybridized carbons (Fsp3) is 0.304. The van der Waals surface area contributed by atoms with E-state index in [4.69, 9.17) is 21.3 Å². The maximum absolute atomic E-state index is 13.1. The van der Waals surface area contributed by atoms with Gasteiger partial charge in [0, 0.05) is 29.1 Å². The van der Waals surface area contributed by atoms with Crippen LogP contribution in [0.4, 0.5) is 0 Å². The van der Waals surface area contributed by atoms with Gasteiger partial charge in [-0.2, -0.15) is 0 Å². The van der Waals surface area contributed by atoms with Crippen LogP contribution in [0.3, 0.4) is 0 Å². The van der Waals surface area contributed by atoms with Crippen molar-refractivity contribution in [2.24, 2.45) is 0 Å². The third kappa shape index (κ3) is 3.89. The molecule has 1 amide bonds. The maximum atomic E-state index is 13.1. The van der Waals surface area contributed by atoms with Crippen molar-refractivity contribution in [3.8, 4) is 11.3 Å². The highest BCUT2D eigenvalue weighted by Crippen LogP contribution is 2.28. The van der Waals surface area contributed by atoms with Gasteiger partial charge in [0.1, 0.15) is 0 Å². The molecule has 1 aromatic heterocycles. The van der Waals surface area contributed by atoms with E-state index < -0.39 is 0 Å². The molecular weight excluding hydrogens is 372 g/mol. The number of halogens is 1. The number of amides is 1. The molecule has 1 aliphatic rings. The molecule has 2 aromatic carbocycles. The van der Waals surface area contributed by atoms with Crippen molar-refractivity contribution in [3.05, 3.63) is 64.2 Å². The van der Waals surface area contributed by atoms with Gasteiger partial charge in [-0.25, -0.2) is 4.98 Å². The molecule has 1 atom stereocenters. The van der Waals surface area contributed by atoms with E-state index in [0.717, 1.165) is 52.7 Å². The number of rotatable bonds is 4. The molecule has 3 aromatic rings. The molecule has 1 unspecified atom stereocenters. The van der Waals surface area contributed by atoms with Gasteiger partial charge in [0.2, 0.25) is 0 Å². The van der Waals surface area contributed by atoms with E-state index in [1.165, 1.54) is 0 Å². The van der Waals surface area contributed by atoms with E-state index in [1.54, 1.807) is 0 Å². The Labute approximate surface area is 169 Å². The van der Waals surface area contributed by atoms with E-state index in [1.807, 2.05) is 50.2 Å². The summed E-state index contributed by atoms with van der Waals surface area (Å²) in [5, 5.41) is 4.59. The van der Waals surface area contributed by atoms with Crippen LogP contribution in [0.1, 0.15) is 34.3 Å². The Hall–Kier alpha value is -2.43. The molecule has 2 heterocycles. The Morgan fingerprint density at radius 1 is 1.21 bits per heavy atom. The molecule has 144 valence electrons. The average Bonchev–Trinajstić information content (AvgIpc) is 3.20. The van der Waals surface area contributed by atoms with Crippen LogP contribution in [0, 0.1) is 13.8 Å². The molecule has 4 rings (SSSR count). The molecule has 4 nitrogen and oxygen atoms in total. The normalized spacial score (nSPS) is 16.5. The van der Waals surface area contributed by atoms with Crippen molar-refractivity contribution in [3.63, 3.8) is 0 Å². The van der Waals surface area contributed by atoms with E-state index in [2.05, 4.69) is 11.4 Å². The first-order valence-electron chi connectivity index (χ1n) is 9.59. The zero-order valence-corrected chi connectivity index (χ0v) is 16.8. The molecule has 0 bridgehead atoms. The van der Waals surface area contributed by atoms with Gasteiger partial charge in [0.25, 0.3) is 5.91 Å². The summed E-state index contributed by atoms with van der Waals surface area (Å²) in [5.41, 5.74) is 5.34. The smallest absolute Gasteiger partial charge is 0.252 e. The number of carbonyl (C=O) groups excluding carboxylic acids is 1. The first kappa shape index (κ1) is 18.9. The lowest BCUT2D eigenvalue weighted by Crippen LogP contribution is -2.32. The van der Waals surface area contributed by atoms with Gasteiger partial charge in [-0.15, -0.1) is 0 Å². The van der Waals surface area contributed by atoms with Gasteiger partial charge in [-0.3, -0.25) is 4.79 Å². The first-order chi connectivity index (χ1) is 13.5. The second-order valence-corrected chi connectivity index (χ2v) is 7.82. The van der Waals surface area contributed by atoms with Crippen molar-refractivity contribution in [2.75, 3.05) is 13.2 Å². The number of pyridine rings is 1. The quantitative estimate of drug-likeness (QED) is 0.671. The summed E-state index contributed by atoms with van der Waals surface area (Å²) in [4.78, 5) is 17.9. The van der Waals surface area contributed by atoms with E-state index >= 15 is 0 Å². The number of hydrogen-bond acceptors (Lipinski definition) is 3. The fourth-order valence-electron chi connectivity index (χ4n) is 3.74. The largest absolute Gasteiger partial charge is 0.376 e. The van der Waals surface area contributed by atoms with Crippen LogP contribution in [0.15, 0.2) is 42.5 Å². The zero-order valence-electron chi connectivity index (χ0n) is 16.1. The summed E-state index contributed by atoms with van der Waals surface area (Å²) in [6, 6.07) is 13.5. The van der Waals surface area contributed by atoms with Gasteiger partial charge >= 0.3 is 0 Å². The first-order valence-corrected chi connectivity index (χ1v) is 9.97.